The van der Waals surface area contributed by atoms with Gasteiger partial charge >= 0.3 is 0 Å². The highest BCUT2D eigenvalue weighted by molar-refractivity contribution is 5.79. The molecule has 2 rings (SSSR count). The number of aliphatic imine (C=N–C) groups is 1. The molecule has 104 valence electrons. The van der Waals surface area contributed by atoms with E-state index in [-0.39, 0.29) is 0 Å². The van der Waals surface area contributed by atoms with E-state index in [1.807, 2.05) is 18.2 Å². The fourth-order valence-electron chi connectivity index (χ4n) is 2.35. The third kappa shape index (κ3) is 4.21. The molecule has 0 amide bonds. The van der Waals surface area contributed by atoms with Crippen molar-refractivity contribution < 1.29 is 0 Å². The zero-order chi connectivity index (χ0) is 13.5. The molecule has 1 aliphatic heterocycles. The molecule has 2 heterocycles. The van der Waals surface area contributed by atoms with Crippen LogP contribution in [0, 0.1) is 0 Å². The van der Waals surface area contributed by atoms with Crippen molar-refractivity contribution in [1.29, 1.82) is 0 Å². The van der Waals surface area contributed by atoms with E-state index in [0.29, 0.717) is 12.6 Å². The molecule has 1 atom stereocenters. The fourth-order valence-corrected chi connectivity index (χ4v) is 2.35. The van der Waals surface area contributed by atoms with Gasteiger partial charge in [-0.1, -0.05) is 6.07 Å². The monoisotopic (exact) mass is 261 g/mol. The Morgan fingerprint density at radius 2 is 2.37 bits per heavy atom. The first-order chi connectivity index (χ1) is 9.29. The molecule has 0 spiro atoms. The van der Waals surface area contributed by atoms with E-state index < -0.39 is 0 Å². The van der Waals surface area contributed by atoms with Crippen molar-refractivity contribution in [2.75, 3.05) is 27.2 Å². The molecule has 0 aromatic carbocycles. The molecule has 5 heteroatoms. The van der Waals surface area contributed by atoms with E-state index in [9.17, 15) is 0 Å². The van der Waals surface area contributed by atoms with Crippen molar-refractivity contribution in [2.45, 2.75) is 25.4 Å². The van der Waals surface area contributed by atoms with Crippen LogP contribution in [0.15, 0.2) is 29.4 Å². The van der Waals surface area contributed by atoms with Gasteiger partial charge in [-0.2, -0.15) is 0 Å². The van der Waals surface area contributed by atoms with Gasteiger partial charge in [-0.3, -0.25) is 9.98 Å². The normalized spacial score (nSPS) is 20.5. The molecule has 0 aliphatic carbocycles. The number of aromatic nitrogens is 1. The number of likely N-dealkylation sites (N-methyl/N-ethyl adjacent to an activating group) is 1. The number of hydrogen-bond acceptors (Lipinski definition) is 3. The van der Waals surface area contributed by atoms with E-state index in [2.05, 4.69) is 32.6 Å². The summed E-state index contributed by atoms with van der Waals surface area (Å²) in [5.74, 6) is 0.839. The predicted molar refractivity (Wildman–Crippen MR) is 78.1 cm³/mol. The number of rotatable bonds is 4. The Bertz CT molecular complexity index is 404. The Labute approximate surface area is 115 Å². The molecule has 1 saturated heterocycles. The smallest absolute Gasteiger partial charge is 0.191 e. The molecule has 2 N–H and O–H groups in total. The summed E-state index contributed by atoms with van der Waals surface area (Å²) in [5.41, 5.74) is 1.02. The number of nitrogens with one attached hydrogen (secondary N) is 2. The lowest BCUT2D eigenvalue weighted by Crippen LogP contribution is -2.43. The molecular formula is C14H23N5. The highest BCUT2D eigenvalue weighted by Gasteiger charge is 2.20. The molecule has 1 aliphatic rings. The third-order valence-corrected chi connectivity index (χ3v) is 3.56. The van der Waals surface area contributed by atoms with Crippen molar-refractivity contribution in [1.82, 2.24) is 20.5 Å². The van der Waals surface area contributed by atoms with Gasteiger partial charge in [0.2, 0.25) is 0 Å². The van der Waals surface area contributed by atoms with Gasteiger partial charge in [-0.15, -0.1) is 0 Å². The van der Waals surface area contributed by atoms with Crippen LogP contribution in [0.5, 0.6) is 0 Å². The summed E-state index contributed by atoms with van der Waals surface area (Å²) in [4.78, 5) is 10.9. The Balaban J connectivity index is 1.75. The third-order valence-electron chi connectivity index (χ3n) is 3.56. The van der Waals surface area contributed by atoms with Crippen LogP contribution in [0.25, 0.3) is 0 Å². The summed E-state index contributed by atoms with van der Waals surface area (Å²) >= 11 is 0. The Morgan fingerprint density at radius 3 is 3.00 bits per heavy atom. The van der Waals surface area contributed by atoms with Crippen LogP contribution in [0.1, 0.15) is 18.5 Å². The summed E-state index contributed by atoms with van der Waals surface area (Å²) in [6, 6.07) is 6.54. The van der Waals surface area contributed by atoms with E-state index in [1.165, 1.54) is 19.4 Å². The first kappa shape index (κ1) is 13.8. The maximum atomic E-state index is 4.28. The molecular weight excluding hydrogens is 238 g/mol. The summed E-state index contributed by atoms with van der Waals surface area (Å²) in [5, 5.41) is 6.66. The lowest BCUT2D eigenvalue weighted by molar-refractivity contribution is 0.309. The van der Waals surface area contributed by atoms with Crippen LogP contribution >= 0.6 is 0 Å². The van der Waals surface area contributed by atoms with Gasteiger partial charge in [0.25, 0.3) is 0 Å². The number of pyridine rings is 1. The van der Waals surface area contributed by atoms with Crippen LogP contribution in [-0.4, -0.2) is 49.1 Å². The van der Waals surface area contributed by atoms with Gasteiger partial charge in [0.05, 0.1) is 12.2 Å². The van der Waals surface area contributed by atoms with Gasteiger partial charge < -0.3 is 15.5 Å². The highest BCUT2D eigenvalue weighted by Crippen LogP contribution is 2.13. The Hall–Kier alpha value is -1.62. The van der Waals surface area contributed by atoms with Gasteiger partial charge in [0.15, 0.2) is 5.96 Å². The standard InChI is InChI=1S/C14H23N5/c1-15-14(17-10-12-6-3-4-8-16-12)18-11-13-7-5-9-19(13)2/h3-4,6,8,13H,5,7,9-11H2,1-2H3,(H2,15,17,18). The lowest BCUT2D eigenvalue weighted by atomic mass is 10.2. The number of likely N-dealkylation sites (tertiary alicyclic amines) is 1. The van der Waals surface area contributed by atoms with E-state index >= 15 is 0 Å². The average Bonchev–Trinajstić information content (AvgIpc) is 2.86. The number of hydrogen-bond donors (Lipinski definition) is 2. The Morgan fingerprint density at radius 1 is 1.47 bits per heavy atom. The largest absolute Gasteiger partial charge is 0.355 e. The minimum absolute atomic E-state index is 0.619. The molecule has 0 radical (unpaired) electrons. The molecule has 19 heavy (non-hydrogen) atoms. The van der Waals surface area contributed by atoms with Crippen LogP contribution < -0.4 is 10.6 Å². The summed E-state index contributed by atoms with van der Waals surface area (Å²) in [6.45, 7) is 2.84. The zero-order valence-electron chi connectivity index (χ0n) is 11.8. The first-order valence-corrected chi connectivity index (χ1v) is 6.84. The van der Waals surface area contributed by atoms with Crippen LogP contribution in [0.4, 0.5) is 0 Å². The maximum absolute atomic E-state index is 4.28. The van der Waals surface area contributed by atoms with Crippen molar-refractivity contribution in [2.24, 2.45) is 4.99 Å². The van der Waals surface area contributed by atoms with E-state index in [0.717, 1.165) is 18.2 Å². The lowest BCUT2D eigenvalue weighted by Gasteiger charge is -2.21. The van der Waals surface area contributed by atoms with E-state index in [4.69, 9.17) is 0 Å². The van der Waals surface area contributed by atoms with Crippen LogP contribution in [0.2, 0.25) is 0 Å². The highest BCUT2D eigenvalue weighted by atomic mass is 15.2. The molecule has 1 aromatic heterocycles. The van der Waals surface area contributed by atoms with Crippen LogP contribution in [0.3, 0.4) is 0 Å². The quantitative estimate of drug-likeness (QED) is 0.623. The number of guanidine groups is 1. The maximum Gasteiger partial charge on any atom is 0.191 e. The molecule has 5 nitrogen and oxygen atoms in total. The number of nitrogens with zero attached hydrogens (tertiary/aromatic N) is 3. The van der Waals surface area contributed by atoms with Crippen molar-refractivity contribution in [3.8, 4) is 0 Å². The summed E-state index contributed by atoms with van der Waals surface area (Å²) in [7, 11) is 3.98. The van der Waals surface area contributed by atoms with E-state index in [1.54, 1.807) is 13.2 Å². The SMILES string of the molecule is CN=C(NCc1ccccn1)NCC1CCCN1C. The first-order valence-electron chi connectivity index (χ1n) is 6.84. The second kappa shape index (κ2) is 7.09. The molecule has 0 saturated carbocycles. The molecule has 1 fully saturated rings. The Kier molecular flexibility index (Phi) is 5.15. The molecule has 1 aromatic rings. The summed E-state index contributed by atoms with van der Waals surface area (Å²) in [6.07, 6.45) is 4.37. The predicted octanol–water partition coefficient (Wildman–Crippen LogP) is 0.841. The van der Waals surface area contributed by atoms with Crippen LogP contribution in [-0.2, 0) is 6.54 Å². The van der Waals surface area contributed by atoms with Gasteiger partial charge in [-0.25, -0.2) is 0 Å². The fraction of sp³-hybridized carbons (Fsp3) is 0.571. The summed E-state index contributed by atoms with van der Waals surface area (Å²) < 4.78 is 0. The van der Waals surface area contributed by atoms with Gasteiger partial charge in [-0.05, 0) is 38.6 Å². The average molecular weight is 261 g/mol. The minimum atomic E-state index is 0.619. The molecule has 1 unspecified atom stereocenters. The minimum Gasteiger partial charge on any atom is -0.355 e. The van der Waals surface area contributed by atoms with Gasteiger partial charge in [0.1, 0.15) is 0 Å². The second-order valence-corrected chi connectivity index (χ2v) is 4.90. The van der Waals surface area contributed by atoms with Crippen molar-refractivity contribution in [3.05, 3.63) is 30.1 Å². The zero-order valence-corrected chi connectivity index (χ0v) is 11.8. The van der Waals surface area contributed by atoms with Crippen molar-refractivity contribution in [3.63, 3.8) is 0 Å². The van der Waals surface area contributed by atoms with Gasteiger partial charge in [0, 0.05) is 25.8 Å². The second-order valence-electron chi connectivity index (χ2n) is 4.90. The topological polar surface area (TPSA) is 52.6 Å². The molecule has 0 bridgehead atoms. The van der Waals surface area contributed by atoms with Crippen molar-refractivity contribution >= 4 is 5.96 Å².